The summed E-state index contributed by atoms with van der Waals surface area (Å²) in [5.74, 6) is 3.72. The summed E-state index contributed by atoms with van der Waals surface area (Å²) in [7, 11) is 1.66. The Morgan fingerprint density at radius 3 is 1.65 bits per heavy atom. The van der Waals surface area contributed by atoms with E-state index in [-0.39, 0.29) is 11.6 Å². The van der Waals surface area contributed by atoms with Gasteiger partial charge in [0.25, 0.3) is 6.47 Å². The van der Waals surface area contributed by atoms with Gasteiger partial charge in [-0.25, -0.2) is 30.0 Å². The molecule has 1 atom stereocenters. The van der Waals surface area contributed by atoms with Gasteiger partial charge in [-0.1, -0.05) is 0 Å². The lowest BCUT2D eigenvalue weighted by molar-refractivity contribution is -0.138. The first-order valence-electron chi connectivity index (χ1n) is 17.9. The Morgan fingerprint density at radius 1 is 0.764 bits per heavy atom. The molecule has 0 aliphatic heterocycles. The second-order valence-electron chi connectivity index (χ2n) is 15.3. The van der Waals surface area contributed by atoms with E-state index in [0.717, 1.165) is 64.2 Å². The molecule has 0 aliphatic carbocycles. The van der Waals surface area contributed by atoms with Crippen LogP contribution in [0, 0.1) is 0 Å². The average Bonchev–Trinajstić information content (AvgIpc) is 3.75. The molecule has 0 saturated carbocycles. The molecule has 0 radical (unpaired) electrons. The fraction of sp³-hybridized carbons (Fsp3) is 0.538. The number of nitrogens with one attached hydrogen (secondary N) is 2. The number of imidazole rings is 2. The number of aliphatic hydroxyl groups is 1. The number of ether oxygens (including phenoxy) is 3. The summed E-state index contributed by atoms with van der Waals surface area (Å²) < 4.78 is 20.8. The number of aliphatic hydroxyl groups excluding tert-OH is 1. The number of carbonyl (C=O) groups is 2. The van der Waals surface area contributed by atoms with Crippen molar-refractivity contribution in [2.24, 2.45) is 0 Å². The van der Waals surface area contributed by atoms with Crippen LogP contribution in [0.15, 0.2) is 49.1 Å². The summed E-state index contributed by atoms with van der Waals surface area (Å²) >= 11 is 0. The number of amides is 1. The minimum Gasteiger partial charge on any atom is -0.462 e. The third-order valence-corrected chi connectivity index (χ3v) is 10.7. The summed E-state index contributed by atoms with van der Waals surface area (Å²) in [4.78, 5) is 39.3. The van der Waals surface area contributed by atoms with E-state index in [0.29, 0.717) is 46.1 Å². The lowest BCUT2D eigenvalue weighted by Crippen LogP contribution is -2.20. The van der Waals surface area contributed by atoms with Crippen LogP contribution in [0.4, 0.5) is 0 Å². The summed E-state index contributed by atoms with van der Waals surface area (Å²) in [5, 5.41) is 13.0. The molecule has 4 aromatic rings. The second-order valence-corrected chi connectivity index (χ2v) is 24.5. The van der Waals surface area contributed by atoms with Crippen LogP contribution in [0.25, 0.3) is 33.9 Å². The molecule has 4 rings (SSSR count). The zero-order chi connectivity index (χ0) is 41.2. The maximum atomic E-state index is 10.9. The van der Waals surface area contributed by atoms with Crippen LogP contribution in [-0.2, 0) is 43.8 Å². The Labute approximate surface area is 330 Å². The van der Waals surface area contributed by atoms with Crippen LogP contribution in [0.5, 0.6) is 0 Å². The molecule has 0 fully saturated rings. The Bertz CT molecular complexity index is 1710. The quantitative estimate of drug-likeness (QED) is 0.0832. The lowest BCUT2D eigenvalue weighted by Gasteiger charge is -2.25. The predicted octanol–water partition coefficient (Wildman–Crippen LogP) is 5.30. The number of aromatic nitrogens is 6. The van der Waals surface area contributed by atoms with Gasteiger partial charge in [0.2, 0.25) is 6.41 Å². The van der Waals surface area contributed by atoms with Crippen LogP contribution in [-0.4, -0.2) is 129 Å². The summed E-state index contributed by atoms with van der Waals surface area (Å²) in [6.45, 7) is 10.5. The average molecular weight is 805 g/mol. The summed E-state index contributed by atoms with van der Waals surface area (Å²) in [6, 6.07) is 8.09. The van der Waals surface area contributed by atoms with Gasteiger partial charge in [-0.15, -0.1) is 0 Å². The molecule has 3 N–H and O–H groups in total. The number of hydrogen-bond acceptors (Lipinski definition) is 11. The van der Waals surface area contributed by atoms with Crippen LogP contribution in [0.2, 0.25) is 0 Å². The molecule has 4 heterocycles. The largest absolute Gasteiger partial charge is 0.462 e. The van der Waals surface area contributed by atoms with E-state index in [1.165, 1.54) is 0 Å². The van der Waals surface area contributed by atoms with Gasteiger partial charge < -0.3 is 39.1 Å². The number of rotatable bonds is 19. The first-order valence-corrected chi connectivity index (χ1v) is 23.9. The molecule has 55 heavy (non-hydrogen) atoms. The van der Waals surface area contributed by atoms with Crippen LogP contribution < -0.4 is 10.6 Å². The molecule has 0 aliphatic rings. The van der Waals surface area contributed by atoms with Gasteiger partial charge in [0.05, 0.1) is 61.0 Å². The van der Waals surface area contributed by atoms with Crippen molar-refractivity contribution in [1.29, 1.82) is 0 Å². The van der Waals surface area contributed by atoms with Crippen molar-refractivity contribution in [3.8, 4) is 33.9 Å². The smallest absolute Gasteiger partial charge is 0.293 e. The van der Waals surface area contributed by atoms with Crippen molar-refractivity contribution in [2.45, 2.75) is 59.3 Å². The minimum atomic E-state index is -0.653. The van der Waals surface area contributed by atoms with E-state index < -0.39 is 20.1 Å². The molecule has 0 unspecified atom stereocenters. The van der Waals surface area contributed by atoms with Crippen molar-refractivity contribution in [2.75, 3.05) is 76.4 Å². The minimum absolute atomic E-state index is 0.0743. The monoisotopic (exact) mass is 804 g/mol. The highest BCUT2D eigenvalue weighted by Crippen LogP contribution is 2.34. The fourth-order valence-electron chi connectivity index (χ4n) is 4.76. The predicted molar refractivity (Wildman–Crippen MR) is 228 cm³/mol. The number of nitrogens with zero attached hydrogens (tertiary/aromatic N) is 6. The molecule has 308 valence electrons. The van der Waals surface area contributed by atoms with E-state index in [4.69, 9.17) is 29.5 Å². The zero-order valence-corrected chi connectivity index (χ0v) is 36.4. The Morgan fingerprint density at radius 2 is 1.25 bits per heavy atom. The molecule has 0 saturated heterocycles. The van der Waals surface area contributed by atoms with Crippen molar-refractivity contribution in [1.82, 2.24) is 39.7 Å². The van der Waals surface area contributed by atoms with E-state index >= 15 is 0 Å². The lowest BCUT2D eigenvalue weighted by atomic mass is 10.1. The van der Waals surface area contributed by atoms with Gasteiger partial charge in [-0.3, -0.25) is 19.6 Å². The van der Waals surface area contributed by atoms with Crippen molar-refractivity contribution in [3.05, 3.63) is 60.7 Å². The highest BCUT2D eigenvalue weighted by molar-refractivity contribution is 8.32. The van der Waals surface area contributed by atoms with Gasteiger partial charge in [-0.2, -0.15) is 0 Å². The molecule has 0 spiro atoms. The molecule has 0 bridgehead atoms. The van der Waals surface area contributed by atoms with Crippen LogP contribution >= 0.6 is 20.1 Å². The van der Waals surface area contributed by atoms with Gasteiger partial charge in [0.15, 0.2) is 0 Å². The molecule has 0 aromatic carbocycles. The first kappa shape index (κ1) is 47.4. The summed E-state index contributed by atoms with van der Waals surface area (Å²) in [6.07, 6.45) is 21.8. The fourth-order valence-corrected chi connectivity index (χ4v) is 6.00. The number of pyridine rings is 2. The zero-order valence-electron chi connectivity index (χ0n) is 34.8. The maximum Gasteiger partial charge on any atom is 0.293 e. The van der Waals surface area contributed by atoms with E-state index in [2.05, 4.69) is 75.4 Å². The maximum absolute atomic E-state index is 10.9. The molecule has 4 aromatic heterocycles. The van der Waals surface area contributed by atoms with Crippen molar-refractivity contribution in [3.63, 3.8) is 0 Å². The Kier molecular flexibility index (Phi) is 19.5. The molecular weight excluding hydrogens is 741 g/mol. The normalized spacial score (nSPS) is 12.7. The van der Waals surface area contributed by atoms with Crippen molar-refractivity contribution >= 4 is 32.9 Å². The highest BCUT2D eigenvalue weighted by atomic mass is 32.3. The summed E-state index contributed by atoms with van der Waals surface area (Å²) in [5.41, 5.74) is 4.91. The van der Waals surface area contributed by atoms with E-state index in [9.17, 15) is 9.59 Å². The molecule has 1 amide bonds. The topological polar surface area (TPSA) is 168 Å². The Balaban J connectivity index is 0.00000104. The highest BCUT2D eigenvalue weighted by Gasteiger charge is 2.18. The van der Waals surface area contributed by atoms with Crippen molar-refractivity contribution < 1.29 is 28.9 Å². The van der Waals surface area contributed by atoms with Crippen LogP contribution in [0.1, 0.15) is 45.4 Å². The van der Waals surface area contributed by atoms with Gasteiger partial charge in [0, 0.05) is 42.1 Å². The Hall–Kier alpha value is -3.80. The molecule has 16 heteroatoms. The van der Waals surface area contributed by atoms with E-state index in [1.54, 1.807) is 6.20 Å². The standard InChI is InChI=1S/C33H50N8O3S2.C5H10O2.CH4O/c1-25(34-2)33-39-20-31(41(33)24-44-14-16-46(6,7)8)27-10-12-29(37-18-27)28-11-9-26(17-36-28)30-19-38-32(21-35-22-42)40(30)23-43-13-15-45(3,4)5;1-5(2,3)7-4-6;1-2/h9-12,17-20,22,25,34H,13-16,21,23-24H2,1-8H3,(H,35,42);4H,1-3H3;2H,1H3/t25-;;/m0../s1. The number of carbonyl (C=O) groups excluding carboxylic acids is 2. The first-order chi connectivity index (χ1) is 26.0. The second kappa shape index (κ2) is 22.7. The SMILES string of the molecule is CC(C)(C)OC=O.CN[C@@H](C)c1ncc(-c2ccc(-c3ccc(-c4cnc(CNC=O)n4COCCS(C)(C)C)cn3)nc2)n1COCCS(C)(C)C.CO. The number of hydrogen-bond donors (Lipinski definition) is 3. The molecular formula is C39H64N8O6S2. The molecule has 14 nitrogen and oxygen atoms in total. The van der Waals surface area contributed by atoms with Gasteiger partial charge in [-0.05, 0) is 96.5 Å². The van der Waals surface area contributed by atoms with Crippen LogP contribution in [0.3, 0.4) is 0 Å². The third-order valence-electron chi connectivity index (χ3n) is 7.89. The van der Waals surface area contributed by atoms with Gasteiger partial charge >= 0.3 is 0 Å². The van der Waals surface area contributed by atoms with E-state index in [1.807, 2.05) is 69.2 Å². The van der Waals surface area contributed by atoms with Gasteiger partial charge in [0.1, 0.15) is 30.7 Å². The third kappa shape index (κ3) is 16.5.